The molecule has 0 amide bonds. The van der Waals surface area contributed by atoms with E-state index in [-0.39, 0.29) is 17.6 Å². The van der Waals surface area contributed by atoms with Gasteiger partial charge >= 0.3 is 0 Å². The first-order valence-corrected chi connectivity index (χ1v) is 11.4. The number of halogens is 2. The minimum atomic E-state index is -0.220. The molecule has 0 heterocycles. The predicted molar refractivity (Wildman–Crippen MR) is 121 cm³/mol. The van der Waals surface area contributed by atoms with Gasteiger partial charge in [-0.2, -0.15) is 0 Å². The molecule has 30 heavy (non-hydrogen) atoms. The smallest absolute Gasteiger partial charge is 0.127 e. The first kappa shape index (κ1) is 22.7. The molecule has 0 atom stereocenters. The molecule has 0 bridgehead atoms. The highest BCUT2D eigenvalue weighted by Crippen LogP contribution is 2.36. The van der Waals surface area contributed by atoms with Gasteiger partial charge in [-0.25, -0.2) is 8.78 Å². The highest BCUT2D eigenvalue weighted by atomic mass is 19.1. The van der Waals surface area contributed by atoms with Crippen LogP contribution in [-0.2, 0) is 11.2 Å². The number of unbranched alkanes of at least 4 members (excludes halogenated alkanes) is 1. The maximum absolute atomic E-state index is 14.9. The van der Waals surface area contributed by atoms with Gasteiger partial charge < -0.3 is 4.74 Å². The summed E-state index contributed by atoms with van der Waals surface area (Å²) in [7, 11) is 0. The minimum Gasteiger partial charge on any atom is -0.378 e. The third-order valence-electron chi connectivity index (χ3n) is 6.17. The van der Waals surface area contributed by atoms with E-state index in [1.807, 2.05) is 43.3 Å². The van der Waals surface area contributed by atoms with Crippen molar-refractivity contribution in [1.82, 2.24) is 0 Å². The van der Waals surface area contributed by atoms with Crippen molar-refractivity contribution in [2.24, 2.45) is 0 Å². The normalized spacial score (nSPS) is 19.5. The van der Waals surface area contributed by atoms with Crippen LogP contribution in [0, 0.1) is 11.6 Å². The monoisotopic (exact) mass is 412 g/mol. The molecule has 1 aliphatic carbocycles. The van der Waals surface area contributed by atoms with Gasteiger partial charge in [-0.15, -0.1) is 0 Å². The zero-order valence-corrected chi connectivity index (χ0v) is 18.3. The second kappa shape index (κ2) is 11.4. The summed E-state index contributed by atoms with van der Waals surface area (Å²) < 4.78 is 35.3. The van der Waals surface area contributed by atoms with Crippen molar-refractivity contribution in [1.29, 1.82) is 0 Å². The molecule has 1 nitrogen and oxygen atoms in total. The molecule has 2 aromatic rings. The molecule has 3 rings (SSSR count). The fourth-order valence-corrected chi connectivity index (χ4v) is 4.31. The number of allylic oxidation sites excluding steroid dienone is 2. The fraction of sp³-hybridized carbons (Fsp3) is 0.481. The summed E-state index contributed by atoms with van der Waals surface area (Å²) >= 11 is 0. The van der Waals surface area contributed by atoms with E-state index in [9.17, 15) is 8.78 Å². The Morgan fingerprint density at radius 3 is 2.30 bits per heavy atom. The van der Waals surface area contributed by atoms with Gasteiger partial charge in [0.15, 0.2) is 0 Å². The van der Waals surface area contributed by atoms with Crippen LogP contribution in [0.3, 0.4) is 0 Å². The van der Waals surface area contributed by atoms with Crippen molar-refractivity contribution >= 4 is 0 Å². The maximum Gasteiger partial charge on any atom is 0.127 e. The van der Waals surface area contributed by atoms with Crippen LogP contribution in [0.4, 0.5) is 8.78 Å². The molecule has 1 saturated carbocycles. The Kier molecular flexibility index (Phi) is 8.62. The molecule has 0 aliphatic heterocycles. The van der Waals surface area contributed by atoms with Gasteiger partial charge in [0.2, 0.25) is 0 Å². The van der Waals surface area contributed by atoms with E-state index in [1.54, 1.807) is 6.07 Å². The lowest BCUT2D eigenvalue weighted by Crippen LogP contribution is -2.21. The number of rotatable bonds is 9. The van der Waals surface area contributed by atoms with Crippen LogP contribution in [0.15, 0.2) is 48.6 Å². The van der Waals surface area contributed by atoms with Gasteiger partial charge in [0.1, 0.15) is 11.6 Å². The molecular formula is C27H34F2O. The molecule has 3 heteroatoms. The highest BCUT2D eigenvalue weighted by Gasteiger charge is 2.25. The summed E-state index contributed by atoms with van der Waals surface area (Å²) in [4.78, 5) is 0. The van der Waals surface area contributed by atoms with Crippen LogP contribution in [0.1, 0.15) is 75.8 Å². The van der Waals surface area contributed by atoms with Crippen LogP contribution in [0.5, 0.6) is 0 Å². The number of hydrogen-bond donors (Lipinski definition) is 0. The third-order valence-corrected chi connectivity index (χ3v) is 6.17. The molecule has 0 N–H and O–H groups in total. The number of benzene rings is 2. The second-order valence-electron chi connectivity index (χ2n) is 8.35. The van der Waals surface area contributed by atoms with Gasteiger partial charge in [0.25, 0.3) is 0 Å². The molecule has 2 aromatic carbocycles. The van der Waals surface area contributed by atoms with E-state index in [2.05, 4.69) is 6.92 Å². The topological polar surface area (TPSA) is 9.23 Å². The third kappa shape index (κ3) is 6.01. The van der Waals surface area contributed by atoms with Gasteiger partial charge in [-0.1, -0.05) is 49.8 Å². The van der Waals surface area contributed by atoms with Crippen molar-refractivity contribution in [2.45, 2.75) is 77.2 Å². The van der Waals surface area contributed by atoms with Gasteiger partial charge in [-0.05, 0) is 92.2 Å². The minimum absolute atomic E-state index is 0.180. The molecule has 0 spiro atoms. The molecule has 0 unspecified atom stereocenters. The molecule has 0 aromatic heterocycles. The summed E-state index contributed by atoms with van der Waals surface area (Å²) in [5, 5.41) is 0. The largest absolute Gasteiger partial charge is 0.378 e. The summed E-state index contributed by atoms with van der Waals surface area (Å²) in [5.41, 5.74) is 2.94. The lowest BCUT2D eigenvalue weighted by atomic mass is 9.82. The van der Waals surface area contributed by atoms with E-state index in [1.165, 1.54) is 6.07 Å². The lowest BCUT2D eigenvalue weighted by molar-refractivity contribution is 0.0230. The fourth-order valence-electron chi connectivity index (χ4n) is 4.31. The first-order valence-electron chi connectivity index (χ1n) is 11.4. The van der Waals surface area contributed by atoms with Crippen LogP contribution in [0.2, 0.25) is 0 Å². The highest BCUT2D eigenvalue weighted by molar-refractivity contribution is 5.64. The van der Waals surface area contributed by atoms with Crippen LogP contribution in [0.25, 0.3) is 11.1 Å². The second-order valence-corrected chi connectivity index (χ2v) is 8.35. The van der Waals surface area contributed by atoms with Crippen molar-refractivity contribution in [3.05, 3.63) is 71.3 Å². The number of aryl methyl sites for hydroxylation is 1. The average Bonchev–Trinajstić information content (AvgIpc) is 2.76. The lowest BCUT2D eigenvalue weighted by Gasteiger charge is -2.29. The quantitative estimate of drug-likeness (QED) is 0.300. The van der Waals surface area contributed by atoms with E-state index < -0.39 is 0 Å². The predicted octanol–water partition coefficient (Wildman–Crippen LogP) is 7.98. The van der Waals surface area contributed by atoms with Crippen LogP contribution in [-0.4, -0.2) is 12.7 Å². The zero-order valence-electron chi connectivity index (χ0n) is 18.3. The Balaban J connectivity index is 1.64. The van der Waals surface area contributed by atoms with E-state index >= 15 is 0 Å². The Morgan fingerprint density at radius 2 is 1.67 bits per heavy atom. The standard InChI is InChI=1S/C27H34F2O/c1-3-5-7-8-21-9-10-22(18-26(21)28)23-13-16-25(27(29)19-23)20-11-14-24(15-12-20)30-17-6-4-2/h3,5,9-10,13,16,18-20,24H,4,6-8,11-12,14-15,17H2,1-2H3/b5-3+. The Labute approximate surface area is 180 Å². The maximum atomic E-state index is 14.9. The number of ether oxygens (including phenoxy) is 1. The molecule has 162 valence electrons. The molecule has 1 fully saturated rings. The average molecular weight is 413 g/mol. The summed E-state index contributed by atoms with van der Waals surface area (Å²) in [6, 6.07) is 10.6. The van der Waals surface area contributed by atoms with E-state index in [4.69, 9.17) is 4.74 Å². The SMILES string of the molecule is C/C=C/CCc1ccc(-c2ccc(C3CCC(OCCCC)CC3)c(F)c2)cc1F. The van der Waals surface area contributed by atoms with Crippen molar-refractivity contribution in [3.63, 3.8) is 0 Å². The number of hydrogen-bond acceptors (Lipinski definition) is 1. The Morgan fingerprint density at radius 1 is 0.967 bits per heavy atom. The zero-order chi connectivity index (χ0) is 21.3. The molecular weight excluding hydrogens is 378 g/mol. The van der Waals surface area contributed by atoms with Crippen LogP contribution < -0.4 is 0 Å². The Hall–Kier alpha value is -2.00. The molecule has 1 aliphatic rings. The van der Waals surface area contributed by atoms with Gasteiger partial charge in [-0.3, -0.25) is 0 Å². The van der Waals surface area contributed by atoms with Crippen LogP contribution >= 0.6 is 0 Å². The summed E-state index contributed by atoms with van der Waals surface area (Å²) in [6.07, 6.45) is 12.0. The Bertz CT molecular complexity index is 835. The van der Waals surface area contributed by atoms with Gasteiger partial charge in [0, 0.05) is 6.61 Å². The van der Waals surface area contributed by atoms with E-state index in [0.29, 0.717) is 18.1 Å². The first-order chi connectivity index (χ1) is 14.6. The summed E-state index contributed by atoms with van der Waals surface area (Å²) in [5.74, 6) is -0.154. The van der Waals surface area contributed by atoms with Gasteiger partial charge in [0.05, 0.1) is 6.10 Å². The molecule has 0 saturated heterocycles. The van der Waals surface area contributed by atoms with Crippen molar-refractivity contribution in [3.8, 4) is 11.1 Å². The molecule has 0 radical (unpaired) electrons. The van der Waals surface area contributed by atoms with E-state index in [0.717, 1.165) is 68.2 Å². The van der Waals surface area contributed by atoms with Crippen molar-refractivity contribution < 1.29 is 13.5 Å². The van der Waals surface area contributed by atoms with Crippen molar-refractivity contribution in [2.75, 3.05) is 6.61 Å². The summed E-state index contributed by atoms with van der Waals surface area (Å²) in [6.45, 7) is 4.96.